The minimum absolute atomic E-state index is 0. The monoisotopic (exact) mass is 347 g/mol. The van der Waals surface area contributed by atoms with Crippen LogP contribution in [0.3, 0.4) is 0 Å². The van der Waals surface area contributed by atoms with E-state index in [0.29, 0.717) is 6.04 Å². The number of aryl methyl sites for hydroxylation is 1. The molecular formula is C20H37N5. The Hall–Kier alpha value is -1.88. The van der Waals surface area contributed by atoms with Crippen molar-refractivity contribution < 1.29 is 1.43 Å². The minimum Gasteiger partial charge on any atom is -0.370 e. The number of nitrogens with zero attached hydrogens (tertiary/aromatic N) is 4. The van der Waals surface area contributed by atoms with Crippen LogP contribution in [0.4, 0.5) is 0 Å². The van der Waals surface area contributed by atoms with Crippen molar-refractivity contribution in [1.29, 1.82) is 0 Å². The van der Waals surface area contributed by atoms with Crippen molar-refractivity contribution in [3.63, 3.8) is 0 Å². The lowest BCUT2D eigenvalue weighted by atomic mass is 10.0. The van der Waals surface area contributed by atoms with Gasteiger partial charge in [0.15, 0.2) is 0 Å². The Morgan fingerprint density at radius 2 is 2.08 bits per heavy atom. The van der Waals surface area contributed by atoms with Crippen LogP contribution in [0, 0.1) is 0 Å². The fourth-order valence-corrected chi connectivity index (χ4v) is 3.01. The fourth-order valence-electron chi connectivity index (χ4n) is 3.01. The first kappa shape index (κ1) is 21.2. The first-order valence-electron chi connectivity index (χ1n) is 9.35. The Labute approximate surface area is 155 Å². The second-order valence-electron chi connectivity index (χ2n) is 6.25. The van der Waals surface area contributed by atoms with E-state index in [0.717, 1.165) is 43.0 Å². The molecule has 5 heteroatoms. The highest BCUT2D eigenvalue weighted by molar-refractivity contribution is 5.92. The second kappa shape index (κ2) is 10.9. The van der Waals surface area contributed by atoms with Gasteiger partial charge in [0.2, 0.25) is 0 Å². The van der Waals surface area contributed by atoms with Crippen molar-refractivity contribution in [3.8, 4) is 0 Å². The molecule has 1 aromatic rings. The molecule has 0 saturated carbocycles. The molecule has 1 N–H and O–H groups in total. The maximum Gasteiger partial charge on any atom is 0.104 e. The van der Waals surface area contributed by atoms with E-state index in [2.05, 4.69) is 33.7 Å². The summed E-state index contributed by atoms with van der Waals surface area (Å²) >= 11 is 0. The van der Waals surface area contributed by atoms with Crippen LogP contribution in [0.2, 0.25) is 0 Å². The molecule has 1 aliphatic heterocycles. The van der Waals surface area contributed by atoms with Crippen LogP contribution >= 0.6 is 0 Å². The van der Waals surface area contributed by atoms with E-state index >= 15 is 0 Å². The standard InChI is InChI=1S/C18H29N5.C2H6.H2/c1-6-7-14(2)20-16(4)21-17-8-10-23(11-9-17)15(3)18-12-22(5)13-19-18;1-2;/h6-7,12-13,16-17,21H,3,8-11H2,1-2,4-5H3;1-2H3;1H/b7-6-,20-14-;;. The number of hydrogen-bond acceptors (Lipinski definition) is 4. The SMILES string of the molecule is C=C(c1cn(C)cn1)N1CCC(NC(C)/N=C(C)\C=C/C)CC1.CC.[HH]. The normalized spacial score (nSPS) is 17.4. The van der Waals surface area contributed by atoms with E-state index in [1.165, 1.54) is 0 Å². The third kappa shape index (κ3) is 6.86. The maximum atomic E-state index is 4.64. The molecule has 0 aliphatic carbocycles. The molecule has 1 aliphatic rings. The summed E-state index contributed by atoms with van der Waals surface area (Å²) in [7, 11) is 1.98. The largest absolute Gasteiger partial charge is 0.370 e. The molecule has 142 valence electrons. The molecule has 2 rings (SSSR count). The van der Waals surface area contributed by atoms with Gasteiger partial charge in [0.1, 0.15) is 5.69 Å². The first-order chi connectivity index (χ1) is 12.0. The molecule has 0 bridgehead atoms. The summed E-state index contributed by atoms with van der Waals surface area (Å²) in [5, 5.41) is 3.61. The van der Waals surface area contributed by atoms with Crippen LogP contribution in [0.5, 0.6) is 0 Å². The van der Waals surface area contributed by atoms with E-state index < -0.39 is 0 Å². The zero-order valence-electron chi connectivity index (χ0n) is 16.8. The summed E-state index contributed by atoms with van der Waals surface area (Å²) < 4.78 is 1.96. The number of aliphatic imine (C=N–C) groups is 1. The molecule has 0 spiro atoms. The Balaban J connectivity index is 0.00000201. The highest BCUT2D eigenvalue weighted by Crippen LogP contribution is 2.21. The van der Waals surface area contributed by atoms with Crippen LogP contribution in [-0.2, 0) is 7.05 Å². The topological polar surface area (TPSA) is 45.5 Å². The predicted octanol–water partition coefficient (Wildman–Crippen LogP) is 4.10. The number of rotatable bonds is 6. The quantitative estimate of drug-likeness (QED) is 0.788. The average molecular weight is 348 g/mol. The van der Waals surface area contributed by atoms with Crippen LogP contribution in [-0.4, -0.2) is 45.5 Å². The molecule has 0 radical (unpaired) electrons. The highest BCUT2D eigenvalue weighted by atomic mass is 15.2. The molecule has 5 nitrogen and oxygen atoms in total. The molecule has 1 saturated heterocycles. The number of allylic oxidation sites excluding steroid dienone is 2. The van der Waals surface area contributed by atoms with Gasteiger partial charge in [0.05, 0.1) is 18.2 Å². The number of hydrogen-bond donors (Lipinski definition) is 1. The Morgan fingerprint density at radius 3 is 2.60 bits per heavy atom. The van der Waals surface area contributed by atoms with Crippen molar-refractivity contribution in [2.75, 3.05) is 13.1 Å². The summed E-state index contributed by atoms with van der Waals surface area (Å²) in [6.07, 6.45) is 10.3. The summed E-state index contributed by atoms with van der Waals surface area (Å²) in [4.78, 5) is 11.4. The van der Waals surface area contributed by atoms with Gasteiger partial charge in [0, 0.05) is 39.5 Å². The van der Waals surface area contributed by atoms with Crippen LogP contribution in [0.15, 0.2) is 36.2 Å². The highest BCUT2D eigenvalue weighted by Gasteiger charge is 2.22. The van der Waals surface area contributed by atoms with E-state index in [-0.39, 0.29) is 7.59 Å². The van der Waals surface area contributed by atoms with Gasteiger partial charge in [-0.25, -0.2) is 4.98 Å². The van der Waals surface area contributed by atoms with Crippen molar-refractivity contribution in [3.05, 3.63) is 36.9 Å². The fraction of sp³-hybridized carbons (Fsp3) is 0.600. The molecule has 2 heterocycles. The lowest BCUT2D eigenvalue weighted by Gasteiger charge is -2.35. The number of aromatic nitrogens is 2. The van der Waals surface area contributed by atoms with Gasteiger partial charge in [-0.05, 0) is 39.7 Å². The van der Waals surface area contributed by atoms with Gasteiger partial charge in [-0.15, -0.1) is 0 Å². The van der Waals surface area contributed by atoms with Crippen molar-refractivity contribution in [1.82, 2.24) is 19.8 Å². The lowest BCUT2D eigenvalue weighted by Crippen LogP contribution is -2.44. The van der Waals surface area contributed by atoms with E-state index in [9.17, 15) is 0 Å². The van der Waals surface area contributed by atoms with Crippen molar-refractivity contribution >= 4 is 11.4 Å². The van der Waals surface area contributed by atoms with E-state index in [1.807, 2.05) is 64.0 Å². The Morgan fingerprint density at radius 1 is 1.44 bits per heavy atom. The van der Waals surface area contributed by atoms with Gasteiger partial charge >= 0.3 is 0 Å². The Bertz CT molecular complexity index is 583. The number of nitrogens with one attached hydrogen (secondary N) is 1. The van der Waals surface area contributed by atoms with Gasteiger partial charge in [0.25, 0.3) is 0 Å². The number of piperidine rings is 1. The van der Waals surface area contributed by atoms with Crippen molar-refractivity contribution in [2.24, 2.45) is 12.0 Å². The first-order valence-corrected chi connectivity index (χ1v) is 9.35. The summed E-state index contributed by atoms with van der Waals surface area (Å²) in [5.74, 6) is 0. The molecule has 1 aromatic heterocycles. The molecule has 0 aromatic carbocycles. The molecule has 0 amide bonds. The minimum atomic E-state index is 0. The third-order valence-electron chi connectivity index (χ3n) is 4.16. The zero-order chi connectivity index (χ0) is 18.8. The second-order valence-corrected chi connectivity index (χ2v) is 6.25. The zero-order valence-corrected chi connectivity index (χ0v) is 16.8. The smallest absolute Gasteiger partial charge is 0.104 e. The van der Waals surface area contributed by atoms with Crippen molar-refractivity contribution in [2.45, 2.75) is 59.7 Å². The van der Waals surface area contributed by atoms with E-state index in [1.54, 1.807) is 0 Å². The maximum absolute atomic E-state index is 4.64. The van der Waals surface area contributed by atoms with Gasteiger partial charge < -0.3 is 9.47 Å². The number of imidazole rings is 1. The van der Waals surface area contributed by atoms with Crippen LogP contribution in [0.25, 0.3) is 5.70 Å². The predicted molar refractivity (Wildman–Crippen MR) is 111 cm³/mol. The molecule has 1 fully saturated rings. The Kier molecular flexibility index (Phi) is 9.21. The summed E-state index contributed by atoms with van der Waals surface area (Å²) in [6.45, 7) is 16.4. The summed E-state index contributed by atoms with van der Waals surface area (Å²) in [5.41, 5.74) is 3.06. The van der Waals surface area contributed by atoms with Gasteiger partial charge in [-0.3, -0.25) is 10.3 Å². The average Bonchev–Trinajstić information content (AvgIpc) is 3.03. The third-order valence-corrected chi connectivity index (χ3v) is 4.16. The van der Waals surface area contributed by atoms with Gasteiger partial charge in [-0.1, -0.05) is 26.5 Å². The van der Waals surface area contributed by atoms with Gasteiger partial charge in [-0.2, -0.15) is 0 Å². The van der Waals surface area contributed by atoms with E-state index in [4.69, 9.17) is 0 Å². The molecular weight excluding hydrogens is 310 g/mol. The molecule has 1 atom stereocenters. The lowest BCUT2D eigenvalue weighted by molar-refractivity contribution is 0.261. The number of likely N-dealkylation sites (tertiary alicyclic amines) is 1. The summed E-state index contributed by atoms with van der Waals surface area (Å²) in [6, 6.07) is 0.514. The van der Waals surface area contributed by atoms with Crippen LogP contribution < -0.4 is 5.32 Å². The van der Waals surface area contributed by atoms with Crippen LogP contribution in [0.1, 0.15) is 54.6 Å². The molecule has 25 heavy (non-hydrogen) atoms. The molecule has 1 unspecified atom stereocenters.